The Bertz CT molecular complexity index is 923. The fraction of sp³-hybridized carbons (Fsp3) is 0.348. The van der Waals surface area contributed by atoms with Crippen molar-refractivity contribution < 1.29 is 4.74 Å². The molecule has 1 aromatic carbocycles. The molecule has 29 heavy (non-hydrogen) atoms. The number of nitrogens with zero attached hydrogens (tertiary/aromatic N) is 4. The van der Waals surface area contributed by atoms with Gasteiger partial charge in [-0.3, -0.25) is 0 Å². The molecule has 4 rings (SSSR count). The molecule has 6 nitrogen and oxygen atoms in total. The Morgan fingerprint density at radius 1 is 1.03 bits per heavy atom. The molecule has 0 atom stereocenters. The van der Waals surface area contributed by atoms with Crippen molar-refractivity contribution in [2.24, 2.45) is 5.10 Å². The molecule has 1 saturated heterocycles. The van der Waals surface area contributed by atoms with E-state index in [-0.39, 0.29) is 0 Å². The van der Waals surface area contributed by atoms with E-state index in [0.717, 1.165) is 50.5 Å². The van der Waals surface area contributed by atoms with Crippen molar-refractivity contribution in [3.05, 3.63) is 70.2 Å². The summed E-state index contributed by atoms with van der Waals surface area (Å²) >= 11 is 0. The summed E-state index contributed by atoms with van der Waals surface area (Å²) in [6.45, 7) is 7.27. The van der Waals surface area contributed by atoms with Gasteiger partial charge in [0.1, 0.15) is 0 Å². The summed E-state index contributed by atoms with van der Waals surface area (Å²) in [6, 6.07) is 12.5. The topological polar surface area (TPSA) is 62.6 Å². The number of nitrogens with one attached hydrogen (secondary N) is 1. The normalized spacial score (nSPS) is 18.8. The summed E-state index contributed by atoms with van der Waals surface area (Å²) < 4.78 is 5.56. The highest BCUT2D eigenvalue weighted by molar-refractivity contribution is 5.84. The molecule has 1 fully saturated rings. The zero-order chi connectivity index (χ0) is 20.1. The van der Waals surface area contributed by atoms with Crippen molar-refractivity contribution in [3.8, 4) is 0 Å². The standard InChI is InChI=1S/C23H27N5O/c1-17-14-18(2)26-23(25-17)27-24-16-21-9-8-20(15-19-6-4-3-5-7-19)22(21)28-10-12-29-13-11-28/h3-7,14-16H,8-13H2,1-2H3,(H,25,26,27)/b20-15+,24-16-. The van der Waals surface area contributed by atoms with Gasteiger partial charge >= 0.3 is 0 Å². The number of hydrogen-bond donors (Lipinski definition) is 1. The van der Waals surface area contributed by atoms with Crippen molar-refractivity contribution in [3.63, 3.8) is 0 Å². The highest BCUT2D eigenvalue weighted by Gasteiger charge is 2.25. The van der Waals surface area contributed by atoms with E-state index in [1.165, 1.54) is 22.4 Å². The molecule has 1 aliphatic carbocycles. The van der Waals surface area contributed by atoms with E-state index in [2.05, 4.69) is 55.7 Å². The molecule has 0 spiro atoms. The molecule has 0 amide bonds. The van der Waals surface area contributed by atoms with Gasteiger partial charge in [0.25, 0.3) is 0 Å². The molecule has 2 aromatic rings. The maximum Gasteiger partial charge on any atom is 0.243 e. The lowest BCUT2D eigenvalue weighted by Crippen LogP contribution is -2.36. The summed E-state index contributed by atoms with van der Waals surface area (Å²) in [7, 11) is 0. The summed E-state index contributed by atoms with van der Waals surface area (Å²) in [5, 5.41) is 4.45. The van der Waals surface area contributed by atoms with E-state index < -0.39 is 0 Å². The second-order valence-corrected chi connectivity index (χ2v) is 7.40. The molecule has 0 unspecified atom stereocenters. The third-order valence-corrected chi connectivity index (χ3v) is 5.11. The molecule has 1 aromatic heterocycles. The van der Waals surface area contributed by atoms with E-state index in [4.69, 9.17) is 4.74 Å². The molecule has 1 N–H and O–H groups in total. The number of hydrazone groups is 1. The number of hydrogen-bond acceptors (Lipinski definition) is 6. The molecule has 150 valence electrons. The van der Waals surface area contributed by atoms with Crippen LogP contribution in [0.3, 0.4) is 0 Å². The van der Waals surface area contributed by atoms with E-state index in [1.807, 2.05) is 32.2 Å². The molecule has 0 radical (unpaired) electrons. The molecule has 0 saturated carbocycles. The van der Waals surface area contributed by atoms with Crippen LogP contribution in [-0.4, -0.2) is 47.4 Å². The Hall–Kier alpha value is -2.99. The highest BCUT2D eigenvalue weighted by atomic mass is 16.5. The summed E-state index contributed by atoms with van der Waals surface area (Å²) in [6.07, 6.45) is 6.22. The molecule has 1 aliphatic heterocycles. The number of aromatic nitrogens is 2. The SMILES string of the molecule is Cc1cc(C)nc(N/N=C\C2=C(N3CCOCC3)C(=C/c3ccccc3)/CC2)n1. The average Bonchev–Trinajstić information content (AvgIpc) is 3.11. The fourth-order valence-electron chi connectivity index (χ4n) is 3.87. The number of ether oxygens (including phenoxy) is 1. The predicted molar refractivity (Wildman–Crippen MR) is 117 cm³/mol. The molecule has 6 heteroatoms. The second-order valence-electron chi connectivity index (χ2n) is 7.40. The van der Waals surface area contributed by atoms with E-state index >= 15 is 0 Å². The van der Waals surface area contributed by atoms with Crippen LogP contribution in [0.15, 0.2) is 58.3 Å². The van der Waals surface area contributed by atoms with Crippen LogP contribution in [-0.2, 0) is 4.74 Å². The second kappa shape index (κ2) is 9.01. The van der Waals surface area contributed by atoms with Gasteiger partial charge in [0.05, 0.1) is 19.4 Å². The Balaban J connectivity index is 1.60. The van der Waals surface area contributed by atoms with Crippen molar-refractivity contribution in [1.29, 1.82) is 0 Å². The summed E-state index contributed by atoms with van der Waals surface area (Å²) in [5.74, 6) is 0.533. The molecular weight excluding hydrogens is 362 g/mol. The third kappa shape index (κ3) is 4.90. The Kier molecular flexibility index (Phi) is 6.00. The Morgan fingerprint density at radius 2 is 1.76 bits per heavy atom. The first-order valence-electron chi connectivity index (χ1n) is 10.1. The van der Waals surface area contributed by atoms with Crippen LogP contribution < -0.4 is 5.43 Å². The van der Waals surface area contributed by atoms with Gasteiger partial charge in [0.2, 0.25) is 5.95 Å². The number of benzene rings is 1. The largest absolute Gasteiger partial charge is 0.378 e. The maximum absolute atomic E-state index is 5.56. The van der Waals surface area contributed by atoms with Gasteiger partial charge < -0.3 is 9.64 Å². The van der Waals surface area contributed by atoms with Crippen LogP contribution in [0.2, 0.25) is 0 Å². The number of morpholine rings is 1. The van der Waals surface area contributed by atoms with Crippen LogP contribution in [0.5, 0.6) is 0 Å². The van der Waals surface area contributed by atoms with E-state index in [0.29, 0.717) is 5.95 Å². The minimum atomic E-state index is 0.533. The van der Waals surface area contributed by atoms with Crippen LogP contribution in [0.4, 0.5) is 5.95 Å². The summed E-state index contributed by atoms with van der Waals surface area (Å²) in [4.78, 5) is 11.2. The van der Waals surface area contributed by atoms with E-state index in [9.17, 15) is 0 Å². The van der Waals surface area contributed by atoms with Gasteiger partial charge in [-0.2, -0.15) is 5.10 Å². The maximum atomic E-state index is 5.56. The first kappa shape index (κ1) is 19.3. The van der Waals surface area contributed by atoms with Crippen molar-refractivity contribution in [2.75, 3.05) is 31.7 Å². The number of aryl methyl sites for hydroxylation is 2. The molecule has 0 bridgehead atoms. The highest BCUT2D eigenvalue weighted by Crippen LogP contribution is 2.35. The smallest absolute Gasteiger partial charge is 0.243 e. The first-order chi connectivity index (χ1) is 14.2. The monoisotopic (exact) mass is 389 g/mol. The van der Waals surface area contributed by atoms with E-state index in [1.54, 1.807) is 0 Å². The Labute approximate surface area is 172 Å². The van der Waals surface area contributed by atoms with Gasteiger partial charge in [-0.05, 0) is 55.5 Å². The summed E-state index contributed by atoms with van der Waals surface area (Å²) in [5.41, 5.74) is 9.98. The minimum Gasteiger partial charge on any atom is -0.378 e. The van der Waals surface area contributed by atoms with Gasteiger partial charge in [0.15, 0.2) is 0 Å². The minimum absolute atomic E-state index is 0.533. The fourth-order valence-corrected chi connectivity index (χ4v) is 3.87. The van der Waals surface area contributed by atoms with Crippen molar-refractivity contribution in [2.45, 2.75) is 26.7 Å². The molecule has 2 heterocycles. The number of anilines is 1. The first-order valence-corrected chi connectivity index (χ1v) is 10.1. The van der Waals surface area contributed by atoms with Crippen LogP contribution in [0.25, 0.3) is 6.08 Å². The number of allylic oxidation sites excluding steroid dienone is 2. The Morgan fingerprint density at radius 3 is 2.48 bits per heavy atom. The molecular formula is C23H27N5O. The zero-order valence-electron chi connectivity index (χ0n) is 17.1. The van der Waals surface area contributed by atoms with Crippen LogP contribution in [0.1, 0.15) is 29.8 Å². The molecule has 2 aliphatic rings. The van der Waals surface area contributed by atoms with Gasteiger partial charge in [0, 0.05) is 30.2 Å². The lowest BCUT2D eigenvalue weighted by Gasteiger charge is -2.31. The third-order valence-electron chi connectivity index (χ3n) is 5.11. The van der Waals surface area contributed by atoms with Gasteiger partial charge in [-0.1, -0.05) is 30.3 Å². The van der Waals surface area contributed by atoms with Crippen LogP contribution >= 0.6 is 0 Å². The van der Waals surface area contributed by atoms with Gasteiger partial charge in [-0.15, -0.1) is 0 Å². The van der Waals surface area contributed by atoms with Crippen LogP contribution in [0, 0.1) is 13.8 Å². The lowest BCUT2D eigenvalue weighted by molar-refractivity contribution is 0.0548. The van der Waals surface area contributed by atoms with Crippen molar-refractivity contribution in [1.82, 2.24) is 14.9 Å². The van der Waals surface area contributed by atoms with Crippen molar-refractivity contribution >= 4 is 18.2 Å². The predicted octanol–water partition coefficient (Wildman–Crippen LogP) is 3.95. The zero-order valence-corrected chi connectivity index (χ0v) is 17.1. The van der Waals surface area contributed by atoms with Gasteiger partial charge in [-0.25, -0.2) is 15.4 Å². The quantitative estimate of drug-likeness (QED) is 0.620. The average molecular weight is 390 g/mol. The number of rotatable bonds is 5. The lowest BCUT2D eigenvalue weighted by atomic mass is 10.1.